The Hall–Kier alpha value is -1.91. The third kappa shape index (κ3) is 8.92. The molecule has 0 aliphatic carbocycles. The summed E-state index contributed by atoms with van der Waals surface area (Å²) in [5.41, 5.74) is 0.337. The molecule has 254 valence electrons. The molecule has 1 aliphatic heterocycles. The predicted molar refractivity (Wildman–Crippen MR) is 184 cm³/mol. The Morgan fingerprint density at radius 3 is 2.33 bits per heavy atom. The van der Waals surface area contributed by atoms with Gasteiger partial charge in [0.15, 0.2) is 25.7 Å². The number of rotatable bonds is 15. The van der Waals surface area contributed by atoms with Gasteiger partial charge in [-0.05, 0) is 57.7 Å². The Morgan fingerprint density at radius 2 is 1.80 bits per heavy atom. The minimum atomic E-state index is -2.38. The topological polar surface area (TPSA) is 120 Å². The molecular formula is C31H56N7O5PSi. The van der Waals surface area contributed by atoms with Crippen LogP contribution < -0.4 is 10.9 Å². The van der Waals surface area contributed by atoms with E-state index in [1.807, 2.05) is 4.57 Å². The molecule has 45 heavy (non-hydrogen) atoms. The number of nitrogens with zero attached hydrogens (tertiary/aromatic N) is 5. The molecule has 1 fully saturated rings. The summed E-state index contributed by atoms with van der Waals surface area (Å²) in [6.07, 6.45) is -0.422. The van der Waals surface area contributed by atoms with Gasteiger partial charge in [0, 0.05) is 18.6 Å². The second-order valence-electron chi connectivity index (χ2n) is 14.7. The molecule has 5 atom stereocenters. The summed E-state index contributed by atoms with van der Waals surface area (Å²) >= 11 is 0. The van der Waals surface area contributed by atoms with Crippen LogP contribution in [-0.2, 0) is 18.2 Å². The molecule has 0 saturated carbocycles. The maximum atomic E-state index is 13.1. The van der Waals surface area contributed by atoms with Crippen LogP contribution in [0.1, 0.15) is 82.4 Å². The summed E-state index contributed by atoms with van der Waals surface area (Å²) < 4.78 is 31.5. The quantitative estimate of drug-likeness (QED) is 0.0916. The Bertz CT molecular complexity index is 1340. The first-order valence-corrected chi connectivity index (χ1v) is 20.2. The number of hydrogen-bond donors (Lipinski definition) is 2. The van der Waals surface area contributed by atoms with Crippen molar-refractivity contribution < 1.29 is 18.2 Å². The summed E-state index contributed by atoms with van der Waals surface area (Å²) in [4.78, 5) is 28.6. The molecule has 2 aromatic heterocycles. The Morgan fingerprint density at radius 1 is 1.16 bits per heavy atom. The first kappa shape index (κ1) is 37.5. The van der Waals surface area contributed by atoms with Crippen molar-refractivity contribution in [3.8, 4) is 0 Å². The second-order valence-corrected chi connectivity index (χ2v) is 20.8. The van der Waals surface area contributed by atoms with E-state index in [0.29, 0.717) is 24.1 Å². The van der Waals surface area contributed by atoms with Gasteiger partial charge in [-0.15, -0.1) is 0 Å². The summed E-state index contributed by atoms with van der Waals surface area (Å²) in [7, 11) is -3.95. The van der Waals surface area contributed by atoms with Gasteiger partial charge in [0.1, 0.15) is 18.8 Å². The van der Waals surface area contributed by atoms with Crippen LogP contribution in [0.25, 0.3) is 16.0 Å². The first-order valence-electron chi connectivity index (χ1n) is 16.1. The predicted octanol–water partition coefficient (Wildman–Crippen LogP) is 6.80. The molecule has 0 amide bonds. The number of imidazole rings is 1. The van der Waals surface area contributed by atoms with Gasteiger partial charge in [0.2, 0.25) is 12.5 Å². The lowest BCUT2D eigenvalue weighted by molar-refractivity contribution is -0.0471. The van der Waals surface area contributed by atoms with Gasteiger partial charge >= 0.3 is 0 Å². The van der Waals surface area contributed by atoms with Crippen molar-refractivity contribution in [3.63, 3.8) is 0 Å². The average molecular weight is 666 g/mol. The van der Waals surface area contributed by atoms with Crippen molar-refractivity contribution >= 4 is 34.0 Å². The van der Waals surface area contributed by atoms with Gasteiger partial charge in [-0.3, -0.25) is 14.3 Å². The number of anilines is 1. The van der Waals surface area contributed by atoms with Crippen molar-refractivity contribution in [1.82, 2.24) is 24.2 Å². The molecule has 2 aromatic rings. The summed E-state index contributed by atoms with van der Waals surface area (Å²) in [6.45, 7) is 36.4. The van der Waals surface area contributed by atoms with Crippen LogP contribution >= 0.6 is 8.53 Å². The maximum Gasteiger partial charge on any atom is 0.280 e. The van der Waals surface area contributed by atoms with Crippen molar-refractivity contribution in [3.05, 3.63) is 28.1 Å². The fourth-order valence-electron chi connectivity index (χ4n) is 5.08. The Labute approximate surface area is 271 Å². The van der Waals surface area contributed by atoms with Crippen LogP contribution in [-0.4, -0.2) is 82.6 Å². The van der Waals surface area contributed by atoms with E-state index >= 15 is 0 Å². The monoisotopic (exact) mass is 665 g/mol. The zero-order valence-electron chi connectivity index (χ0n) is 29.5. The van der Waals surface area contributed by atoms with Gasteiger partial charge in [0.05, 0.1) is 12.4 Å². The van der Waals surface area contributed by atoms with Crippen LogP contribution in [0.4, 0.5) is 5.95 Å². The molecule has 14 heteroatoms. The fraction of sp³-hybridized carbons (Fsp3) is 0.806. The maximum absolute atomic E-state index is 13.1. The van der Waals surface area contributed by atoms with E-state index in [1.54, 1.807) is 6.33 Å². The van der Waals surface area contributed by atoms with Crippen LogP contribution in [0.5, 0.6) is 0 Å². The molecule has 3 rings (SSSR count). The van der Waals surface area contributed by atoms with E-state index < -0.39 is 35.3 Å². The standard InChI is InChI=1S/C31H56N7O5PSi/c1-19(2)17-33-30-35-27-23(28(39)36-30)34-18-37(27)29-26(43-45(13,14)31(9,10)11)25(24(41-29)20(3)4)42-44(40-16-15-32-12)38(21(5)6)22(7)8/h18-22,24-26,29H,15-17H2,1-11,13-14H3,(H2,33,35,36,39)/t24-,25+,26?,29-,44?/m1/s1. The van der Waals surface area contributed by atoms with Crippen LogP contribution in [0.15, 0.2) is 11.1 Å². The first-order chi connectivity index (χ1) is 20.9. The Kier molecular flexibility index (Phi) is 12.8. The number of fused-ring (bicyclic) bond motifs is 1. The van der Waals surface area contributed by atoms with Gasteiger partial charge < -0.3 is 28.4 Å². The molecule has 0 spiro atoms. The highest BCUT2D eigenvalue weighted by Crippen LogP contribution is 2.52. The SMILES string of the molecule is [C-]#[N+]CCOP(O[C@@H]1C(O[Si](C)(C)C(C)(C)C)[C@H](n2cnc3c(=O)[nH]c(NCC(C)C)nc32)O[C@@H]1C(C)C)N(C(C)C)C(C)C. The summed E-state index contributed by atoms with van der Waals surface area (Å²) in [6, 6.07) is 0.286. The lowest BCUT2D eigenvalue weighted by Gasteiger charge is -2.42. The van der Waals surface area contributed by atoms with Gasteiger partial charge in [-0.25, -0.2) is 16.2 Å². The van der Waals surface area contributed by atoms with Crippen LogP contribution in [0.3, 0.4) is 0 Å². The second kappa shape index (κ2) is 15.3. The molecule has 1 saturated heterocycles. The van der Waals surface area contributed by atoms with E-state index in [4.69, 9.17) is 29.8 Å². The molecule has 0 aromatic carbocycles. The highest BCUT2D eigenvalue weighted by Gasteiger charge is 2.54. The number of ether oxygens (including phenoxy) is 1. The molecule has 1 aliphatic rings. The summed E-state index contributed by atoms with van der Waals surface area (Å²) in [5, 5.41) is 3.15. The molecule has 2 N–H and O–H groups in total. The molecular weight excluding hydrogens is 609 g/mol. The van der Waals surface area contributed by atoms with Gasteiger partial charge in [-0.2, -0.15) is 4.98 Å². The summed E-state index contributed by atoms with van der Waals surface area (Å²) in [5.74, 6) is 0.827. The van der Waals surface area contributed by atoms with E-state index in [0.717, 1.165) is 0 Å². The van der Waals surface area contributed by atoms with Crippen molar-refractivity contribution in [2.24, 2.45) is 11.8 Å². The largest absolute Gasteiger partial charge is 0.407 e. The fourth-order valence-corrected chi connectivity index (χ4v) is 8.11. The average Bonchev–Trinajstić information content (AvgIpc) is 3.48. The molecule has 2 unspecified atom stereocenters. The minimum Gasteiger partial charge on any atom is -0.407 e. The lowest BCUT2D eigenvalue weighted by Crippen LogP contribution is -2.49. The van der Waals surface area contributed by atoms with Gasteiger partial charge in [0.25, 0.3) is 14.1 Å². The van der Waals surface area contributed by atoms with Gasteiger partial charge in [-0.1, -0.05) is 48.5 Å². The molecule has 0 bridgehead atoms. The number of aromatic nitrogens is 4. The third-order valence-corrected chi connectivity index (χ3v) is 15.0. The van der Waals surface area contributed by atoms with E-state index in [1.165, 1.54) is 0 Å². The normalized spacial score (nSPS) is 22.0. The number of nitrogens with one attached hydrogen (secondary N) is 2. The number of aromatic amines is 1. The van der Waals surface area contributed by atoms with E-state index in [-0.39, 0.29) is 53.4 Å². The highest BCUT2D eigenvalue weighted by atomic mass is 31.2. The zero-order valence-corrected chi connectivity index (χ0v) is 31.4. The number of hydrogen-bond acceptors (Lipinski definition) is 9. The third-order valence-electron chi connectivity index (χ3n) is 8.37. The highest BCUT2D eigenvalue weighted by molar-refractivity contribution is 7.44. The molecule has 3 heterocycles. The minimum absolute atomic E-state index is 0.0755. The smallest absolute Gasteiger partial charge is 0.280 e. The van der Waals surface area contributed by atoms with E-state index in [2.05, 4.69) is 114 Å². The Balaban J connectivity index is 2.17. The molecule has 0 radical (unpaired) electrons. The zero-order chi connectivity index (χ0) is 33.9. The number of H-pyrrole nitrogens is 1. The molecule has 12 nitrogen and oxygen atoms in total. The van der Waals surface area contributed by atoms with E-state index in [9.17, 15) is 4.79 Å². The van der Waals surface area contributed by atoms with Crippen molar-refractivity contribution in [1.29, 1.82) is 0 Å². The van der Waals surface area contributed by atoms with Crippen LogP contribution in [0.2, 0.25) is 18.1 Å². The van der Waals surface area contributed by atoms with Crippen molar-refractivity contribution in [2.45, 2.75) is 131 Å². The van der Waals surface area contributed by atoms with Crippen molar-refractivity contribution in [2.75, 3.05) is 25.0 Å². The van der Waals surface area contributed by atoms with Crippen LogP contribution in [0, 0.1) is 18.4 Å². The lowest BCUT2D eigenvalue weighted by atomic mass is 10.0.